The van der Waals surface area contributed by atoms with Crippen LogP contribution in [0.4, 0.5) is 15.1 Å². The van der Waals surface area contributed by atoms with Crippen LogP contribution in [0.2, 0.25) is 0 Å². The van der Waals surface area contributed by atoms with Crippen LogP contribution >= 0.6 is 11.3 Å². The standard InChI is InChI=1S/C19H24FN5O3S2/c1-9(2)14-15(20)11(7-21)6-12-10(3)28-18(23-16(12)14)25-30(27)24-13-8-22-17(29-13)19(4,5)26/h6,8-10,18,23,26,30H,1-5H3,(H,24,25,27). The first-order valence-electron chi connectivity index (χ1n) is 9.33. The summed E-state index contributed by atoms with van der Waals surface area (Å²) in [4.78, 5) is 4.11. The number of rotatable bonds is 5. The van der Waals surface area contributed by atoms with Gasteiger partial charge in [-0.05, 0) is 32.8 Å². The number of fused-ring (bicyclic) bond motifs is 1. The number of hydrogen-bond acceptors (Lipinski definition) is 8. The molecule has 0 bridgehead atoms. The minimum Gasteiger partial charge on any atom is -0.383 e. The molecular weight excluding hydrogens is 429 g/mol. The van der Waals surface area contributed by atoms with Crippen LogP contribution in [0.1, 0.15) is 68.3 Å². The van der Waals surface area contributed by atoms with E-state index in [4.69, 9.17) is 4.74 Å². The zero-order chi connectivity index (χ0) is 22.2. The molecule has 8 nitrogen and oxygen atoms in total. The summed E-state index contributed by atoms with van der Waals surface area (Å²) >= 11 is 1.17. The molecule has 0 spiro atoms. The summed E-state index contributed by atoms with van der Waals surface area (Å²) in [7, 11) is -2.27. The number of thiazole rings is 1. The van der Waals surface area contributed by atoms with Gasteiger partial charge in [-0.15, -0.1) is 0 Å². The van der Waals surface area contributed by atoms with E-state index in [0.717, 1.165) is 0 Å². The molecule has 1 aromatic carbocycles. The highest BCUT2D eigenvalue weighted by molar-refractivity contribution is 7.76. The summed E-state index contributed by atoms with van der Waals surface area (Å²) in [6.07, 6.45) is 0.0348. The van der Waals surface area contributed by atoms with Crippen molar-refractivity contribution in [3.63, 3.8) is 0 Å². The highest BCUT2D eigenvalue weighted by Gasteiger charge is 2.30. The third-order valence-corrected chi connectivity index (χ3v) is 6.74. The summed E-state index contributed by atoms with van der Waals surface area (Å²) in [6.45, 7) is 8.66. The van der Waals surface area contributed by atoms with E-state index in [2.05, 4.69) is 19.4 Å². The highest BCUT2D eigenvalue weighted by atomic mass is 32.2. The van der Waals surface area contributed by atoms with E-state index in [-0.39, 0.29) is 11.5 Å². The lowest BCUT2D eigenvalue weighted by Crippen LogP contribution is -2.30. The Bertz CT molecular complexity index is 1080. The third kappa shape index (κ3) is 4.57. The lowest BCUT2D eigenvalue weighted by Gasteiger charge is -2.32. The number of anilines is 2. The smallest absolute Gasteiger partial charge is 0.236 e. The molecule has 1 aliphatic rings. The van der Waals surface area contributed by atoms with Gasteiger partial charge in [0, 0.05) is 16.8 Å². The Kier molecular flexibility index (Phi) is 6.33. The quantitative estimate of drug-likeness (QED) is 0.508. The lowest BCUT2D eigenvalue weighted by molar-refractivity contribution is 0.0107. The Morgan fingerprint density at radius 2 is 2.23 bits per heavy atom. The molecule has 2 aromatic rings. The highest BCUT2D eigenvalue weighted by Crippen LogP contribution is 2.40. The van der Waals surface area contributed by atoms with Gasteiger partial charge in [0.1, 0.15) is 38.3 Å². The molecule has 2 heterocycles. The second-order valence-electron chi connectivity index (χ2n) is 7.75. The monoisotopic (exact) mass is 453 g/mol. The van der Waals surface area contributed by atoms with Crippen molar-refractivity contribution in [2.75, 3.05) is 10.0 Å². The molecule has 3 N–H and O–H groups in total. The molecule has 0 radical (unpaired) electrons. The van der Waals surface area contributed by atoms with Crippen LogP contribution in [0.5, 0.6) is 0 Å². The fourth-order valence-corrected chi connectivity index (χ4v) is 4.81. The van der Waals surface area contributed by atoms with Gasteiger partial charge in [0.05, 0.1) is 17.9 Å². The van der Waals surface area contributed by atoms with E-state index in [1.807, 2.05) is 19.9 Å². The van der Waals surface area contributed by atoms with Crippen LogP contribution in [0.25, 0.3) is 0 Å². The topological polar surface area (TPSA) is 120 Å². The maximum Gasteiger partial charge on any atom is 0.236 e. The Morgan fingerprint density at radius 1 is 1.53 bits per heavy atom. The van der Waals surface area contributed by atoms with Crippen LogP contribution in [-0.4, -0.2) is 20.7 Å². The van der Waals surface area contributed by atoms with Gasteiger partial charge in [0.2, 0.25) is 6.35 Å². The molecule has 30 heavy (non-hydrogen) atoms. The number of ether oxygens (including phenoxy) is 1. The molecule has 1 aliphatic heterocycles. The number of nitrogens with one attached hydrogen (secondary N) is 2. The maximum atomic E-state index is 14.8. The van der Waals surface area contributed by atoms with Gasteiger partial charge >= 0.3 is 0 Å². The van der Waals surface area contributed by atoms with Crippen molar-refractivity contribution in [3.8, 4) is 6.07 Å². The first kappa shape index (κ1) is 22.4. The molecule has 0 fully saturated rings. The number of hydrogen-bond donors (Lipinski definition) is 4. The summed E-state index contributed by atoms with van der Waals surface area (Å²) in [6, 6.07) is 3.35. The predicted octanol–water partition coefficient (Wildman–Crippen LogP) is 3.98. The van der Waals surface area contributed by atoms with Gasteiger partial charge in [-0.3, -0.25) is 4.72 Å². The Hall–Kier alpha value is -2.26. The fourth-order valence-electron chi connectivity index (χ4n) is 3.11. The van der Waals surface area contributed by atoms with Crippen molar-refractivity contribution in [1.29, 1.82) is 5.26 Å². The van der Waals surface area contributed by atoms with Crippen molar-refractivity contribution in [2.24, 2.45) is 4.36 Å². The minimum absolute atomic E-state index is 0.0364. The van der Waals surface area contributed by atoms with Crippen LogP contribution in [0, 0.1) is 17.1 Å². The number of aromatic nitrogens is 1. The molecule has 3 rings (SSSR count). The van der Waals surface area contributed by atoms with Crippen molar-refractivity contribution in [1.82, 2.24) is 4.98 Å². The molecule has 162 valence electrons. The van der Waals surface area contributed by atoms with E-state index in [1.54, 1.807) is 20.8 Å². The molecule has 11 heteroatoms. The van der Waals surface area contributed by atoms with E-state index in [9.17, 15) is 19.0 Å². The zero-order valence-electron chi connectivity index (χ0n) is 17.2. The first-order chi connectivity index (χ1) is 14.0. The number of halogens is 1. The van der Waals surface area contributed by atoms with E-state index in [1.165, 1.54) is 23.6 Å². The Balaban J connectivity index is 1.87. The average molecular weight is 454 g/mol. The predicted molar refractivity (Wildman–Crippen MR) is 115 cm³/mol. The molecule has 3 atom stereocenters. The average Bonchev–Trinajstić information content (AvgIpc) is 3.09. The van der Waals surface area contributed by atoms with Gasteiger partial charge in [0.15, 0.2) is 0 Å². The van der Waals surface area contributed by atoms with Gasteiger partial charge in [-0.1, -0.05) is 25.2 Å². The lowest BCUT2D eigenvalue weighted by atomic mass is 9.91. The van der Waals surface area contributed by atoms with Crippen molar-refractivity contribution >= 4 is 32.8 Å². The summed E-state index contributed by atoms with van der Waals surface area (Å²) in [5.41, 5.74) is 0.411. The summed E-state index contributed by atoms with van der Waals surface area (Å²) in [5, 5.41) is 23.2. The van der Waals surface area contributed by atoms with Crippen LogP contribution < -0.4 is 10.0 Å². The number of nitriles is 1. The second-order valence-corrected chi connectivity index (χ2v) is 9.78. The second kappa shape index (κ2) is 8.47. The molecule has 0 saturated heterocycles. The van der Waals surface area contributed by atoms with E-state index < -0.39 is 34.7 Å². The number of aliphatic hydroxyl groups is 1. The number of benzene rings is 1. The van der Waals surface area contributed by atoms with Crippen molar-refractivity contribution < 1.29 is 18.4 Å². The fraction of sp³-hybridized carbons (Fsp3) is 0.474. The van der Waals surface area contributed by atoms with Crippen LogP contribution in [0.3, 0.4) is 0 Å². The summed E-state index contributed by atoms with van der Waals surface area (Å²) in [5.74, 6) is -0.757. The van der Waals surface area contributed by atoms with Gasteiger partial charge in [0.25, 0.3) is 0 Å². The molecule has 3 unspecified atom stereocenters. The van der Waals surface area contributed by atoms with Gasteiger partial charge < -0.3 is 15.2 Å². The summed E-state index contributed by atoms with van der Waals surface area (Å²) < 4.78 is 39.9. The molecule has 0 amide bonds. The first-order valence-corrected chi connectivity index (χ1v) is 11.4. The maximum absolute atomic E-state index is 14.8. The normalized spacial score (nSPS) is 19.8. The minimum atomic E-state index is -2.27. The van der Waals surface area contributed by atoms with E-state index in [0.29, 0.717) is 26.8 Å². The van der Waals surface area contributed by atoms with Crippen molar-refractivity contribution in [3.05, 3.63) is 39.8 Å². The molecule has 0 aliphatic carbocycles. The number of thiol groups is 1. The van der Waals surface area contributed by atoms with Crippen LogP contribution in [-0.2, 0) is 21.1 Å². The molecular formula is C19H24FN5O3S2. The van der Waals surface area contributed by atoms with Crippen molar-refractivity contribution in [2.45, 2.75) is 58.6 Å². The Morgan fingerprint density at radius 3 is 2.80 bits per heavy atom. The van der Waals surface area contributed by atoms with Gasteiger partial charge in [-0.2, -0.15) is 9.62 Å². The SMILES string of the molecule is CC(C)c1c(F)c(C#N)cc2c1NC(/N=[SH](=O)\Nc1cnc(C(C)(C)O)s1)OC2C. The molecule has 0 saturated carbocycles. The van der Waals surface area contributed by atoms with E-state index >= 15 is 0 Å². The largest absolute Gasteiger partial charge is 0.383 e. The molecule has 1 aromatic heterocycles. The Labute approximate surface area is 180 Å². The third-order valence-electron chi connectivity index (χ3n) is 4.51. The zero-order valence-corrected chi connectivity index (χ0v) is 18.9. The number of nitrogens with zero attached hydrogens (tertiary/aromatic N) is 3. The van der Waals surface area contributed by atoms with Gasteiger partial charge in [-0.25, -0.2) is 13.6 Å². The van der Waals surface area contributed by atoms with Crippen LogP contribution in [0.15, 0.2) is 16.6 Å².